The number of carbonyl (C=O) groups excluding carboxylic acids is 1. The van der Waals surface area contributed by atoms with Gasteiger partial charge in [0.2, 0.25) is 11.7 Å². The number of benzene rings is 2. The van der Waals surface area contributed by atoms with Gasteiger partial charge in [0, 0.05) is 12.1 Å². The van der Waals surface area contributed by atoms with E-state index in [0.717, 1.165) is 23.8 Å². The van der Waals surface area contributed by atoms with Gasteiger partial charge in [0.1, 0.15) is 23.4 Å². The summed E-state index contributed by atoms with van der Waals surface area (Å²) in [6, 6.07) is 9.51. The van der Waals surface area contributed by atoms with Crippen molar-refractivity contribution < 1.29 is 22.8 Å². The summed E-state index contributed by atoms with van der Waals surface area (Å²) in [5, 5.41) is 3.99. The molecule has 0 unspecified atom stereocenters. The molecule has 1 aromatic heterocycles. The fraction of sp³-hybridized carbons (Fsp3) is 0.250. The Kier molecular flexibility index (Phi) is 4.77. The molecule has 0 saturated carbocycles. The molecule has 28 heavy (non-hydrogen) atoms. The fourth-order valence-corrected chi connectivity index (χ4v) is 3.31. The van der Waals surface area contributed by atoms with E-state index >= 15 is 0 Å². The quantitative estimate of drug-likeness (QED) is 0.679. The number of carbonyl (C=O) groups is 1. The number of rotatable bonds is 4. The van der Waals surface area contributed by atoms with Crippen molar-refractivity contribution in [3.8, 4) is 17.1 Å². The van der Waals surface area contributed by atoms with Gasteiger partial charge in [-0.25, -0.2) is 8.78 Å². The number of ether oxygens (including phenoxy) is 1. The molecule has 0 spiro atoms. The zero-order valence-corrected chi connectivity index (χ0v) is 15.1. The van der Waals surface area contributed by atoms with Crippen LogP contribution in [-0.2, 0) is 0 Å². The number of aromatic nitrogens is 2. The van der Waals surface area contributed by atoms with Gasteiger partial charge < -0.3 is 14.2 Å². The molecule has 0 bridgehead atoms. The van der Waals surface area contributed by atoms with E-state index in [0.29, 0.717) is 31.0 Å². The summed E-state index contributed by atoms with van der Waals surface area (Å²) >= 11 is 0. The first-order valence-electron chi connectivity index (χ1n) is 8.81. The lowest BCUT2D eigenvalue weighted by molar-refractivity contribution is 0.0704. The van der Waals surface area contributed by atoms with Crippen molar-refractivity contribution in [1.82, 2.24) is 15.0 Å². The van der Waals surface area contributed by atoms with E-state index in [1.54, 1.807) is 31.4 Å². The Morgan fingerprint density at radius 3 is 2.75 bits per heavy atom. The number of nitrogens with zero attached hydrogens (tertiary/aromatic N) is 3. The second-order valence-electron chi connectivity index (χ2n) is 6.47. The minimum atomic E-state index is -0.762. The molecule has 1 atom stereocenters. The van der Waals surface area contributed by atoms with Gasteiger partial charge >= 0.3 is 0 Å². The standard InChI is InChI=1S/C20H17F2N3O3/c1-27-14-7-4-12(5-8-14)18-23-19(28-24-18)17-3-2-10-25(17)20(26)15-11-13(21)6-9-16(15)22/h4-9,11,17H,2-3,10H2,1H3/t17-/m1/s1. The van der Waals surface area contributed by atoms with Gasteiger partial charge in [-0.1, -0.05) is 5.16 Å². The van der Waals surface area contributed by atoms with Crippen molar-refractivity contribution in [1.29, 1.82) is 0 Å². The molecule has 1 aliphatic rings. The van der Waals surface area contributed by atoms with Crippen molar-refractivity contribution in [2.75, 3.05) is 13.7 Å². The summed E-state index contributed by atoms with van der Waals surface area (Å²) in [5.41, 5.74) is 0.435. The van der Waals surface area contributed by atoms with Crippen LogP contribution in [0, 0.1) is 11.6 Å². The topological polar surface area (TPSA) is 68.5 Å². The van der Waals surface area contributed by atoms with Crippen LogP contribution >= 0.6 is 0 Å². The second kappa shape index (κ2) is 7.38. The van der Waals surface area contributed by atoms with E-state index < -0.39 is 23.6 Å². The van der Waals surface area contributed by atoms with Crippen LogP contribution in [0.3, 0.4) is 0 Å². The van der Waals surface area contributed by atoms with Gasteiger partial charge in [-0.15, -0.1) is 0 Å². The maximum absolute atomic E-state index is 14.0. The summed E-state index contributed by atoms with van der Waals surface area (Å²) in [6.45, 7) is 0.402. The highest BCUT2D eigenvalue weighted by molar-refractivity contribution is 5.95. The van der Waals surface area contributed by atoms with Crippen LogP contribution in [0.5, 0.6) is 5.75 Å². The molecule has 6 nitrogen and oxygen atoms in total. The Bertz CT molecular complexity index is 1000. The summed E-state index contributed by atoms with van der Waals surface area (Å²) in [4.78, 5) is 18.6. The van der Waals surface area contributed by atoms with E-state index in [-0.39, 0.29) is 11.5 Å². The lowest BCUT2D eigenvalue weighted by atomic mass is 10.1. The molecule has 0 aliphatic carbocycles. The molecular formula is C20H17F2N3O3. The van der Waals surface area contributed by atoms with Crippen molar-refractivity contribution in [3.63, 3.8) is 0 Å². The monoisotopic (exact) mass is 385 g/mol. The molecular weight excluding hydrogens is 368 g/mol. The third kappa shape index (κ3) is 3.33. The van der Waals surface area contributed by atoms with Crippen molar-refractivity contribution in [2.24, 2.45) is 0 Å². The summed E-state index contributed by atoms with van der Waals surface area (Å²) in [7, 11) is 1.58. The third-order valence-corrected chi connectivity index (χ3v) is 4.75. The number of hydrogen-bond donors (Lipinski definition) is 0. The van der Waals surface area contributed by atoms with Crippen LogP contribution in [-0.4, -0.2) is 34.6 Å². The molecule has 144 valence electrons. The molecule has 1 fully saturated rings. The maximum atomic E-state index is 14.0. The minimum absolute atomic E-state index is 0.272. The highest BCUT2D eigenvalue weighted by Gasteiger charge is 2.35. The number of likely N-dealkylation sites (tertiary alicyclic amines) is 1. The zero-order valence-electron chi connectivity index (χ0n) is 15.1. The molecule has 3 aromatic rings. The van der Waals surface area contributed by atoms with Gasteiger partial charge in [0.25, 0.3) is 5.91 Å². The number of amides is 1. The minimum Gasteiger partial charge on any atom is -0.497 e. The van der Waals surface area contributed by atoms with E-state index in [1.165, 1.54) is 4.90 Å². The third-order valence-electron chi connectivity index (χ3n) is 4.75. The van der Waals surface area contributed by atoms with Gasteiger partial charge in [0.15, 0.2) is 0 Å². The molecule has 4 rings (SSSR count). The average molecular weight is 385 g/mol. The number of halogens is 2. The van der Waals surface area contributed by atoms with Gasteiger partial charge in [-0.3, -0.25) is 4.79 Å². The molecule has 2 heterocycles. The van der Waals surface area contributed by atoms with E-state index in [4.69, 9.17) is 9.26 Å². The average Bonchev–Trinajstić information content (AvgIpc) is 3.38. The van der Waals surface area contributed by atoms with Crippen LogP contribution in [0.4, 0.5) is 8.78 Å². The summed E-state index contributed by atoms with van der Waals surface area (Å²) in [5.74, 6) is -0.662. The Balaban J connectivity index is 1.59. The van der Waals surface area contributed by atoms with E-state index in [1.807, 2.05) is 0 Å². The Hall–Kier alpha value is -3.29. The van der Waals surface area contributed by atoms with Gasteiger partial charge in [-0.2, -0.15) is 4.98 Å². The molecule has 8 heteroatoms. The van der Waals surface area contributed by atoms with Crippen LogP contribution in [0.2, 0.25) is 0 Å². The molecule has 0 radical (unpaired) electrons. The predicted molar refractivity (Wildman–Crippen MR) is 95.7 cm³/mol. The van der Waals surface area contributed by atoms with Crippen LogP contribution in [0.25, 0.3) is 11.4 Å². The van der Waals surface area contributed by atoms with E-state index in [2.05, 4.69) is 10.1 Å². The molecule has 1 amide bonds. The lowest BCUT2D eigenvalue weighted by Gasteiger charge is -2.22. The molecule has 2 aromatic carbocycles. The Morgan fingerprint density at radius 2 is 2.00 bits per heavy atom. The first-order valence-corrected chi connectivity index (χ1v) is 8.81. The van der Waals surface area contributed by atoms with E-state index in [9.17, 15) is 13.6 Å². The largest absolute Gasteiger partial charge is 0.497 e. The summed E-state index contributed by atoms with van der Waals surface area (Å²) < 4.78 is 38.0. The fourth-order valence-electron chi connectivity index (χ4n) is 3.31. The zero-order chi connectivity index (χ0) is 19.7. The highest BCUT2D eigenvalue weighted by Crippen LogP contribution is 2.33. The molecule has 1 aliphatic heterocycles. The first-order chi connectivity index (χ1) is 13.6. The summed E-state index contributed by atoms with van der Waals surface area (Å²) in [6.07, 6.45) is 1.31. The smallest absolute Gasteiger partial charge is 0.257 e. The predicted octanol–water partition coefficient (Wildman–Crippen LogP) is 4.00. The van der Waals surface area contributed by atoms with Crippen LogP contribution < -0.4 is 4.74 Å². The van der Waals surface area contributed by atoms with Crippen molar-refractivity contribution in [2.45, 2.75) is 18.9 Å². The van der Waals surface area contributed by atoms with Crippen molar-refractivity contribution in [3.05, 3.63) is 65.6 Å². The first kappa shape index (κ1) is 18.1. The Labute approximate surface area is 159 Å². The molecule has 0 N–H and O–H groups in total. The van der Waals surface area contributed by atoms with Crippen LogP contribution in [0.15, 0.2) is 47.0 Å². The maximum Gasteiger partial charge on any atom is 0.257 e. The van der Waals surface area contributed by atoms with Crippen LogP contribution in [0.1, 0.15) is 35.1 Å². The van der Waals surface area contributed by atoms with Gasteiger partial charge in [0.05, 0.1) is 12.7 Å². The lowest BCUT2D eigenvalue weighted by Crippen LogP contribution is -2.31. The highest BCUT2D eigenvalue weighted by atomic mass is 19.1. The molecule has 1 saturated heterocycles. The second-order valence-corrected chi connectivity index (χ2v) is 6.47. The number of hydrogen-bond acceptors (Lipinski definition) is 5. The Morgan fingerprint density at radius 1 is 1.21 bits per heavy atom. The van der Waals surface area contributed by atoms with Gasteiger partial charge in [-0.05, 0) is 55.3 Å². The van der Waals surface area contributed by atoms with Crippen molar-refractivity contribution >= 4 is 5.91 Å². The SMILES string of the molecule is COc1ccc(-c2noc([C@H]3CCCN3C(=O)c3cc(F)ccc3F)n2)cc1. The normalized spacial score (nSPS) is 16.4. The number of methoxy groups -OCH3 is 1.